The Hall–Kier alpha value is -2.17. The van der Waals surface area contributed by atoms with Gasteiger partial charge in [0, 0.05) is 22.7 Å². The average molecular weight is 473 g/mol. The number of ether oxygens (including phenoxy) is 1. The van der Waals surface area contributed by atoms with Crippen LogP contribution < -0.4 is 5.32 Å². The molecule has 1 aliphatic heterocycles. The lowest BCUT2D eigenvalue weighted by Gasteiger charge is -2.26. The summed E-state index contributed by atoms with van der Waals surface area (Å²) in [7, 11) is -3.13. The van der Waals surface area contributed by atoms with Gasteiger partial charge in [-0.2, -0.15) is 0 Å². The summed E-state index contributed by atoms with van der Waals surface area (Å²) in [6.45, 7) is 1.13. The maximum Gasteiger partial charge on any atom is 0.325 e. The summed E-state index contributed by atoms with van der Waals surface area (Å²) in [6.07, 6.45) is 0.377. The lowest BCUT2D eigenvalue weighted by molar-refractivity contribution is -0.151. The Morgan fingerprint density at radius 2 is 2.03 bits per heavy atom. The van der Waals surface area contributed by atoms with Crippen LogP contribution in [-0.2, 0) is 24.2 Å². The highest BCUT2D eigenvalue weighted by molar-refractivity contribution is 7.91. The molecule has 11 heteroatoms. The van der Waals surface area contributed by atoms with Gasteiger partial charge in [-0.1, -0.05) is 29.8 Å². The summed E-state index contributed by atoms with van der Waals surface area (Å²) in [4.78, 5) is 38.3. The Kier molecular flexibility index (Phi) is 6.99. The van der Waals surface area contributed by atoms with Crippen LogP contribution in [0.25, 0.3) is 10.1 Å². The molecular weight excluding hydrogens is 452 g/mol. The topological polar surface area (TPSA) is 110 Å². The Bertz CT molecular complexity index is 1080. The van der Waals surface area contributed by atoms with Gasteiger partial charge in [-0.05, 0) is 19.4 Å². The quantitative estimate of drug-likeness (QED) is 0.616. The predicted molar refractivity (Wildman–Crippen MR) is 115 cm³/mol. The highest BCUT2D eigenvalue weighted by Gasteiger charge is 2.34. The number of halogens is 1. The first-order valence-electron chi connectivity index (χ1n) is 9.32. The molecule has 0 saturated carbocycles. The summed E-state index contributed by atoms with van der Waals surface area (Å²) >= 11 is 7.46. The fourth-order valence-corrected chi connectivity index (χ4v) is 6.49. The number of likely N-dealkylation sites (N-methyl/N-ethyl adjacent to an activating group) is 1. The number of nitrogens with one attached hydrogen (secondary N) is 1. The second-order valence-electron chi connectivity index (χ2n) is 6.82. The van der Waals surface area contributed by atoms with Gasteiger partial charge < -0.3 is 15.0 Å². The standard InChI is InChI=1S/C19H21ClN2O6S2/c1-2-22(12-7-8-30(26,27)11-12)15(23)10-28-16(24)9-21-19(25)18-17(20)13-5-3-4-6-14(13)29-18/h3-6,12H,2,7-11H2,1H3,(H,21,25). The zero-order valence-electron chi connectivity index (χ0n) is 16.2. The number of benzene rings is 1. The predicted octanol–water partition coefficient (Wildman–Crippen LogP) is 1.86. The van der Waals surface area contributed by atoms with E-state index in [-0.39, 0.29) is 11.5 Å². The van der Waals surface area contributed by atoms with Crippen molar-refractivity contribution in [2.24, 2.45) is 0 Å². The minimum Gasteiger partial charge on any atom is -0.454 e. The fourth-order valence-electron chi connectivity index (χ4n) is 3.33. The molecule has 30 heavy (non-hydrogen) atoms. The minimum atomic E-state index is -3.13. The van der Waals surface area contributed by atoms with Crippen LogP contribution in [0.4, 0.5) is 0 Å². The van der Waals surface area contributed by atoms with E-state index in [4.69, 9.17) is 16.3 Å². The number of fused-ring (bicyclic) bond motifs is 1. The summed E-state index contributed by atoms with van der Waals surface area (Å²) < 4.78 is 29.1. The Morgan fingerprint density at radius 3 is 2.67 bits per heavy atom. The van der Waals surface area contributed by atoms with E-state index in [1.54, 1.807) is 13.0 Å². The molecule has 8 nitrogen and oxygen atoms in total. The van der Waals surface area contributed by atoms with E-state index in [2.05, 4.69) is 5.32 Å². The highest BCUT2D eigenvalue weighted by atomic mass is 35.5. The third-order valence-electron chi connectivity index (χ3n) is 4.80. The maximum absolute atomic E-state index is 12.3. The maximum atomic E-state index is 12.3. The van der Waals surface area contributed by atoms with Gasteiger partial charge in [0.15, 0.2) is 16.4 Å². The van der Waals surface area contributed by atoms with E-state index in [1.165, 1.54) is 16.2 Å². The second kappa shape index (κ2) is 9.32. The largest absolute Gasteiger partial charge is 0.454 e. The number of thiophene rings is 1. The number of carbonyl (C=O) groups excluding carboxylic acids is 3. The molecule has 0 aliphatic carbocycles. The van der Waals surface area contributed by atoms with E-state index in [0.717, 1.165) is 10.1 Å². The number of hydrogen-bond acceptors (Lipinski definition) is 7. The van der Waals surface area contributed by atoms with Gasteiger partial charge in [0.1, 0.15) is 11.4 Å². The van der Waals surface area contributed by atoms with E-state index < -0.39 is 46.8 Å². The summed E-state index contributed by atoms with van der Waals surface area (Å²) in [5, 5.41) is 3.52. The smallest absolute Gasteiger partial charge is 0.325 e. The number of hydrogen-bond donors (Lipinski definition) is 1. The van der Waals surface area contributed by atoms with Crippen molar-refractivity contribution < 1.29 is 27.5 Å². The average Bonchev–Trinajstić information content (AvgIpc) is 3.24. The molecule has 2 aromatic rings. The first-order chi connectivity index (χ1) is 14.2. The van der Waals surface area contributed by atoms with Crippen molar-refractivity contribution in [3.05, 3.63) is 34.2 Å². The molecule has 1 aromatic heterocycles. The van der Waals surface area contributed by atoms with Gasteiger partial charge in [0.25, 0.3) is 11.8 Å². The van der Waals surface area contributed by atoms with E-state index in [0.29, 0.717) is 22.9 Å². The van der Waals surface area contributed by atoms with Crippen LogP contribution in [0.15, 0.2) is 24.3 Å². The molecule has 3 rings (SSSR count). The van der Waals surface area contributed by atoms with Crippen molar-refractivity contribution in [3.63, 3.8) is 0 Å². The number of carbonyl (C=O) groups is 3. The van der Waals surface area contributed by atoms with Crippen LogP contribution >= 0.6 is 22.9 Å². The molecule has 162 valence electrons. The highest BCUT2D eigenvalue weighted by Crippen LogP contribution is 2.34. The van der Waals surface area contributed by atoms with Gasteiger partial charge in [0.2, 0.25) is 0 Å². The van der Waals surface area contributed by atoms with Crippen LogP contribution in [-0.4, -0.2) is 68.3 Å². The van der Waals surface area contributed by atoms with Crippen LogP contribution in [0.5, 0.6) is 0 Å². The molecule has 2 amide bonds. The van der Waals surface area contributed by atoms with Crippen LogP contribution in [0.3, 0.4) is 0 Å². The SMILES string of the molecule is CCN(C(=O)COC(=O)CNC(=O)c1sc2ccccc2c1Cl)C1CCS(=O)(=O)C1. The van der Waals surface area contributed by atoms with Crippen LogP contribution in [0, 0.1) is 0 Å². The molecule has 1 unspecified atom stereocenters. The van der Waals surface area contributed by atoms with Crippen molar-refractivity contribution in [2.75, 3.05) is 31.2 Å². The molecule has 1 aromatic carbocycles. The zero-order chi connectivity index (χ0) is 21.9. The molecule has 0 spiro atoms. The molecule has 1 saturated heterocycles. The number of nitrogens with zero attached hydrogens (tertiary/aromatic N) is 1. The van der Waals surface area contributed by atoms with E-state index >= 15 is 0 Å². The van der Waals surface area contributed by atoms with Gasteiger partial charge in [-0.15, -0.1) is 11.3 Å². The van der Waals surface area contributed by atoms with Crippen molar-refractivity contribution >= 4 is 60.6 Å². The molecule has 0 bridgehead atoms. The Morgan fingerprint density at radius 1 is 1.30 bits per heavy atom. The van der Waals surface area contributed by atoms with Crippen LogP contribution in [0.1, 0.15) is 23.0 Å². The lowest BCUT2D eigenvalue weighted by atomic mass is 10.2. The number of esters is 1. The van der Waals surface area contributed by atoms with Crippen molar-refractivity contribution in [1.82, 2.24) is 10.2 Å². The Labute approximate surface area is 183 Å². The summed E-state index contributed by atoms with van der Waals surface area (Å²) in [5.41, 5.74) is 0. The number of amides is 2. The summed E-state index contributed by atoms with van der Waals surface area (Å²) in [5.74, 6) is -1.77. The molecule has 1 aliphatic rings. The van der Waals surface area contributed by atoms with Crippen LogP contribution in [0.2, 0.25) is 5.02 Å². The molecule has 1 atom stereocenters. The molecular formula is C19H21ClN2O6S2. The zero-order valence-corrected chi connectivity index (χ0v) is 18.6. The Balaban J connectivity index is 1.50. The molecule has 0 radical (unpaired) electrons. The minimum absolute atomic E-state index is 0.0492. The van der Waals surface area contributed by atoms with E-state index in [9.17, 15) is 22.8 Å². The first kappa shape index (κ1) is 22.5. The lowest BCUT2D eigenvalue weighted by Crippen LogP contribution is -2.43. The first-order valence-corrected chi connectivity index (χ1v) is 12.3. The monoisotopic (exact) mass is 472 g/mol. The normalized spacial score (nSPS) is 17.6. The van der Waals surface area contributed by atoms with Crippen molar-refractivity contribution in [2.45, 2.75) is 19.4 Å². The van der Waals surface area contributed by atoms with Crippen molar-refractivity contribution in [3.8, 4) is 0 Å². The number of rotatable bonds is 7. The number of sulfone groups is 1. The summed E-state index contributed by atoms with van der Waals surface area (Å²) in [6, 6.07) is 6.90. The second-order valence-corrected chi connectivity index (χ2v) is 10.5. The van der Waals surface area contributed by atoms with Gasteiger partial charge in [-0.25, -0.2) is 8.42 Å². The fraction of sp³-hybridized carbons (Fsp3) is 0.421. The van der Waals surface area contributed by atoms with Gasteiger partial charge in [-0.3, -0.25) is 14.4 Å². The third-order valence-corrected chi connectivity index (χ3v) is 8.23. The molecule has 2 heterocycles. The van der Waals surface area contributed by atoms with E-state index in [1.807, 2.05) is 18.2 Å². The van der Waals surface area contributed by atoms with Gasteiger partial charge in [0.05, 0.1) is 16.5 Å². The van der Waals surface area contributed by atoms with Crippen molar-refractivity contribution in [1.29, 1.82) is 0 Å². The molecule has 1 fully saturated rings. The molecule has 1 N–H and O–H groups in total. The third kappa shape index (κ3) is 5.11. The van der Waals surface area contributed by atoms with Gasteiger partial charge >= 0.3 is 5.97 Å².